The molecule has 0 radical (unpaired) electrons. The van der Waals surface area contributed by atoms with Crippen LogP contribution in [0.2, 0.25) is 0 Å². The van der Waals surface area contributed by atoms with Gasteiger partial charge < -0.3 is 24.3 Å². The molecule has 30 heavy (non-hydrogen) atoms. The minimum absolute atomic E-state index is 0.188. The van der Waals surface area contributed by atoms with Gasteiger partial charge in [-0.05, 0) is 69.2 Å². The highest BCUT2D eigenvalue weighted by Crippen LogP contribution is 2.31. The molecule has 2 aromatic carbocycles. The van der Waals surface area contributed by atoms with E-state index in [4.69, 9.17) is 18.9 Å². The molecular weight excluding hydrogens is 382 g/mol. The van der Waals surface area contributed by atoms with Gasteiger partial charge >= 0.3 is 0 Å². The monoisotopic (exact) mass is 413 g/mol. The summed E-state index contributed by atoms with van der Waals surface area (Å²) in [7, 11) is 1.59. The molecule has 0 aliphatic carbocycles. The van der Waals surface area contributed by atoms with Crippen LogP contribution in [-0.2, 0) is 4.79 Å². The van der Waals surface area contributed by atoms with Crippen LogP contribution in [-0.4, -0.2) is 32.8 Å². The average Bonchev–Trinajstić information content (AvgIpc) is 2.74. The van der Waals surface area contributed by atoms with Crippen molar-refractivity contribution in [1.82, 2.24) is 5.32 Å². The minimum atomic E-state index is -0.192. The van der Waals surface area contributed by atoms with Crippen molar-refractivity contribution in [2.45, 2.75) is 33.7 Å². The van der Waals surface area contributed by atoms with Gasteiger partial charge in [0.2, 0.25) is 5.91 Å². The zero-order chi connectivity index (χ0) is 21.9. The lowest BCUT2D eigenvalue weighted by molar-refractivity contribution is -0.117. The predicted molar refractivity (Wildman–Crippen MR) is 119 cm³/mol. The fraction of sp³-hybridized carbons (Fsp3) is 0.375. The molecule has 0 fully saturated rings. The van der Waals surface area contributed by atoms with Gasteiger partial charge in [0.25, 0.3) is 0 Å². The van der Waals surface area contributed by atoms with Crippen molar-refractivity contribution in [2.24, 2.45) is 0 Å². The Morgan fingerprint density at radius 3 is 2.13 bits per heavy atom. The number of rotatable bonds is 11. The summed E-state index contributed by atoms with van der Waals surface area (Å²) in [6.45, 7) is 9.36. The largest absolute Gasteiger partial charge is 0.493 e. The van der Waals surface area contributed by atoms with E-state index in [0.717, 1.165) is 11.1 Å². The third kappa shape index (κ3) is 6.44. The number of methoxy groups -OCH3 is 1. The molecule has 0 heterocycles. The summed E-state index contributed by atoms with van der Waals surface area (Å²) in [5, 5.41) is 2.97. The molecule has 1 atom stereocenters. The maximum atomic E-state index is 12.4. The third-order valence-corrected chi connectivity index (χ3v) is 4.34. The third-order valence-electron chi connectivity index (χ3n) is 4.34. The molecule has 0 aliphatic heterocycles. The summed E-state index contributed by atoms with van der Waals surface area (Å²) in [6.07, 6.45) is 3.24. The van der Waals surface area contributed by atoms with Gasteiger partial charge in [-0.15, -0.1) is 0 Å². The van der Waals surface area contributed by atoms with E-state index in [1.807, 2.05) is 64.1 Å². The van der Waals surface area contributed by atoms with E-state index in [9.17, 15) is 4.79 Å². The zero-order valence-electron chi connectivity index (χ0n) is 18.4. The number of benzene rings is 2. The highest BCUT2D eigenvalue weighted by Gasteiger charge is 2.12. The molecule has 1 amide bonds. The van der Waals surface area contributed by atoms with E-state index < -0.39 is 0 Å². The van der Waals surface area contributed by atoms with E-state index in [0.29, 0.717) is 42.8 Å². The minimum Gasteiger partial charge on any atom is -0.493 e. The summed E-state index contributed by atoms with van der Waals surface area (Å²) in [6, 6.07) is 11.1. The summed E-state index contributed by atoms with van der Waals surface area (Å²) >= 11 is 0. The van der Waals surface area contributed by atoms with Crippen LogP contribution in [0, 0.1) is 0 Å². The van der Waals surface area contributed by atoms with Gasteiger partial charge in [0, 0.05) is 6.08 Å². The highest BCUT2D eigenvalue weighted by molar-refractivity contribution is 5.92. The number of hydrogen-bond acceptors (Lipinski definition) is 5. The van der Waals surface area contributed by atoms with Crippen LogP contribution in [0.1, 0.15) is 44.9 Å². The van der Waals surface area contributed by atoms with E-state index in [-0.39, 0.29) is 11.9 Å². The Morgan fingerprint density at radius 1 is 0.900 bits per heavy atom. The standard InChI is InChI=1S/C24H31NO5/c1-6-28-20-12-9-18(15-22(20)27-5)10-14-24(26)25-17(4)19-11-13-21(29-7-2)23(16-19)30-8-3/h9-17H,6-8H2,1-5H3,(H,25,26)/b14-10+. The lowest BCUT2D eigenvalue weighted by Crippen LogP contribution is -2.24. The van der Waals surface area contributed by atoms with E-state index in [1.54, 1.807) is 13.2 Å². The number of ether oxygens (including phenoxy) is 4. The number of amides is 1. The fourth-order valence-corrected chi connectivity index (χ4v) is 2.92. The van der Waals surface area contributed by atoms with Gasteiger partial charge in [-0.25, -0.2) is 0 Å². The van der Waals surface area contributed by atoms with Crippen molar-refractivity contribution < 1.29 is 23.7 Å². The van der Waals surface area contributed by atoms with Crippen molar-refractivity contribution in [3.63, 3.8) is 0 Å². The molecule has 0 bridgehead atoms. The molecule has 1 unspecified atom stereocenters. The van der Waals surface area contributed by atoms with Crippen LogP contribution in [0.4, 0.5) is 0 Å². The SMILES string of the molecule is CCOc1ccc(/C=C/C(=O)NC(C)c2ccc(OCC)c(OCC)c2)cc1OC. The van der Waals surface area contributed by atoms with Gasteiger partial charge in [-0.3, -0.25) is 4.79 Å². The molecular formula is C24H31NO5. The first-order valence-electron chi connectivity index (χ1n) is 10.2. The summed E-state index contributed by atoms with van der Waals surface area (Å²) in [5.74, 6) is 2.49. The molecule has 0 aromatic heterocycles. The second-order valence-electron chi connectivity index (χ2n) is 6.48. The van der Waals surface area contributed by atoms with E-state index >= 15 is 0 Å². The average molecular weight is 414 g/mol. The molecule has 0 aliphatic rings. The van der Waals surface area contributed by atoms with Crippen LogP contribution in [0.25, 0.3) is 6.08 Å². The Hall–Kier alpha value is -3.15. The van der Waals surface area contributed by atoms with Crippen molar-refractivity contribution in [2.75, 3.05) is 26.9 Å². The van der Waals surface area contributed by atoms with Gasteiger partial charge in [-0.1, -0.05) is 12.1 Å². The Kier molecular flexibility index (Phi) is 9.06. The van der Waals surface area contributed by atoms with Gasteiger partial charge in [0.1, 0.15) is 0 Å². The van der Waals surface area contributed by atoms with E-state index in [2.05, 4.69) is 5.32 Å². The van der Waals surface area contributed by atoms with Crippen molar-refractivity contribution in [3.05, 3.63) is 53.6 Å². The number of nitrogens with one attached hydrogen (secondary N) is 1. The van der Waals surface area contributed by atoms with Crippen LogP contribution in [0.3, 0.4) is 0 Å². The molecule has 0 saturated carbocycles. The van der Waals surface area contributed by atoms with Gasteiger partial charge in [-0.2, -0.15) is 0 Å². The van der Waals surface area contributed by atoms with Gasteiger partial charge in [0.15, 0.2) is 23.0 Å². The smallest absolute Gasteiger partial charge is 0.244 e. The first-order valence-corrected chi connectivity index (χ1v) is 10.2. The zero-order valence-corrected chi connectivity index (χ0v) is 18.4. The Balaban J connectivity index is 2.06. The van der Waals surface area contributed by atoms with Crippen LogP contribution < -0.4 is 24.3 Å². The summed E-state index contributed by atoms with van der Waals surface area (Å²) in [4.78, 5) is 12.4. The molecule has 0 spiro atoms. The molecule has 0 saturated heterocycles. The summed E-state index contributed by atoms with van der Waals surface area (Å²) in [5.41, 5.74) is 1.78. The number of hydrogen-bond donors (Lipinski definition) is 1. The normalized spacial score (nSPS) is 11.8. The van der Waals surface area contributed by atoms with Crippen molar-refractivity contribution in [1.29, 1.82) is 0 Å². The quantitative estimate of drug-likeness (QED) is 0.537. The molecule has 162 valence electrons. The molecule has 6 nitrogen and oxygen atoms in total. The molecule has 6 heteroatoms. The number of carbonyl (C=O) groups excluding carboxylic acids is 1. The molecule has 1 N–H and O–H groups in total. The second kappa shape index (κ2) is 11.8. The predicted octanol–water partition coefficient (Wildman–Crippen LogP) is 4.78. The molecule has 2 aromatic rings. The molecule has 2 rings (SSSR count). The first kappa shape index (κ1) is 23.1. The Labute approximate surface area is 178 Å². The number of carbonyl (C=O) groups is 1. The summed E-state index contributed by atoms with van der Waals surface area (Å²) < 4.78 is 22.1. The van der Waals surface area contributed by atoms with Gasteiger partial charge in [0.05, 0.1) is 33.0 Å². The van der Waals surface area contributed by atoms with Crippen molar-refractivity contribution in [3.8, 4) is 23.0 Å². The first-order chi connectivity index (χ1) is 14.5. The Morgan fingerprint density at radius 2 is 1.50 bits per heavy atom. The van der Waals surface area contributed by atoms with E-state index in [1.165, 1.54) is 6.08 Å². The maximum Gasteiger partial charge on any atom is 0.244 e. The highest BCUT2D eigenvalue weighted by atomic mass is 16.5. The van der Waals surface area contributed by atoms with Crippen LogP contribution >= 0.6 is 0 Å². The lowest BCUT2D eigenvalue weighted by atomic mass is 10.1. The van der Waals surface area contributed by atoms with Crippen LogP contribution in [0.5, 0.6) is 23.0 Å². The Bertz CT molecular complexity index is 863. The van der Waals surface area contributed by atoms with Crippen molar-refractivity contribution >= 4 is 12.0 Å². The lowest BCUT2D eigenvalue weighted by Gasteiger charge is -2.17. The topological polar surface area (TPSA) is 66.0 Å². The maximum absolute atomic E-state index is 12.4. The second-order valence-corrected chi connectivity index (χ2v) is 6.48. The fourth-order valence-electron chi connectivity index (χ4n) is 2.92. The van der Waals surface area contributed by atoms with Crippen LogP contribution in [0.15, 0.2) is 42.5 Å².